The fourth-order valence-corrected chi connectivity index (χ4v) is 1.14. The van der Waals surface area contributed by atoms with Gasteiger partial charge in [0.25, 0.3) is 0 Å². The van der Waals surface area contributed by atoms with Crippen molar-refractivity contribution < 1.29 is 14.2 Å². The quantitative estimate of drug-likeness (QED) is 0.754. The predicted molar refractivity (Wildman–Crippen MR) is 52.7 cm³/mol. The van der Waals surface area contributed by atoms with E-state index in [1.54, 1.807) is 6.07 Å². The summed E-state index contributed by atoms with van der Waals surface area (Å²) in [6, 6.07) is 6.08. The summed E-state index contributed by atoms with van der Waals surface area (Å²) in [5.74, 6) is -0.0474. The standard InChI is InChI=1S/C11H12FNO2/c12-10-5-9(8-14)6-11(7-10)15-4-2-1-3-13/h5-7,14H,1-2,4,8H2. The summed E-state index contributed by atoms with van der Waals surface area (Å²) in [7, 11) is 0. The van der Waals surface area contributed by atoms with Crippen LogP contribution in [0.5, 0.6) is 5.75 Å². The summed E-state index contributed by atoms with van der Waals surface area (Å²) in [5, 5.41) is 17.1. The minimum atomic E-state index is -0.433. The van der Waals surface area contributed by atoms with Crippen molar-refractivity contribution >= 4 is 0 Å². The van der Waals surface area contributed by atoms with Gasteiger partial charge < -0.3 is 9.84 Å². The monoisotopic (exact) mass is 209 g/mol. The van der Waals surface area contributed by atoms with Crippen LogP contribution >= 0.6 is 0 Å². The van der Waals surface area contributed by atoms with E-state index in [1.807, 2.05) is 6.07 Å². The Kier molecular flexibility index (Phi) is 4.58. The third-order valence-corrected chi connectivity index (χ3v) is 1.82. The fourth-order valence-electron chi connectivity index (χ4n) is 1.14. The maximum absolute atomic E-state index is 12.9. The second kappa shape index (κ2) is 5.99. The molecule has 0 aromatic heterocycles. The first-order valence-corrected chi connectivity index (χ1v) is 4.66. The van der Waals surface area contributed by atoms with Crippen molar-refractivity contribution in [2.24, 2.45) is 0 Å². The summed E-state index contributed by atoms with van der Waals surface area (Å²) < 4.78 is 18.2. The molecule has 80 valence electrons. The Labute approximate surface area is 87.7 Å². The molecule has 0 aliphatic rings. The average molecular weight is 209 g/mol. The number of rotatable bonds is 5. The second-order valence-corrected chi connectivity index (χ2v) is 3.06. The van der Waals surface area contributed by atoms with E-state index in [4.69, 9.17) is 15.1 Å². The molecule has 0 bridgehead atoms. The van der Waals surface area contributed by atoms with Crippen LogP contribution in [0.1, 0.15) is 18.4 Å². The second-order valence-electron chi connectivity index (χ2n) is 3.06. The minimum Gasteiger partial charge on any atom is -0.493 e. The van der Waals surface area contributed by atoms with E-state index in [2.05, 4.69) is 0 Å². The minimum absolute atomic E-state index is 0.216. The molecule has 3 nitrogen and oxygen atoms in total. The first-order valence-electron chi connectivity index (χ1n) is 4.66. The molecule has 0 aliphatic heterocycles. The molecule has 0 atom stereocenters. The van der Waals surface area contributed by atoms with E-state index in [0.29, 0.717) is 30.8 Å². The van der Waals surface area contributed by atoms with E-state index >= 15 is 0 Å². The van der Waals surface area contributed by atoms with Crippen molar-refractivity contribution in [3.8, 4) is 11.8 Å². The highest BCUT2D eigenvalue weighted by Gasteiger charge is 2.00. The van der Waals surface area contributed by atoms with Crippen molar-refractivity contribution in [3.63, 3.8) is 0 Å². The molecule has 1 aromatic rings. The van der Waals surface area contributed by atoms with Crippen LogP contribution in [-0.2, 0) is 6.61 Å². The number of benzene rings is 1. The molecule has 0 heterocycles. The number of nitrogens with zero attached hydrogens (tertiary/aromatic N) is 1. The van der Waals surface area contributed by atoms with Gasteiger partial charge in [0.2, 0.25) is 0 Å². The van der Waals surface area contributed by atoms with Gasteiger partial charge in [-0.25, -0.2) is 4.39 Å². The number of aliphatic hydroxyl groups is 1. The Morgan fingerprint density at radius 3 is 2.87 bits per heavy atom. The van der Waals surface area contributed by atoms with Gasteiger partial charge in [0, 0.05) is 12.5 Å². The highest BCUT2D eigenvalue weighted by Crippen LogP contribution is 2.16. The van der Waals surface area contributed by atoms with Gasteiger partial charge in [-0.2, -0.15) is 5.26 Å². The Morgan fingerprint density at radius 2 is 2.20 bits per heavy atom. The highest BCUT2D eigenvalue weighted by atomic mass is 19.1. The molecule has 1 aromatic carbocycles. The summed E-state index contributed by atoms with van der Waals surface area (Å²) >= 11 is 0. The number of aliphatic hydroxyl groups excluding tert-OH is 1. The average Bonchev–Trinajstić information content (AvgIpc) is 2.23. The van der Waals surface area contributed by atoms with E-state index < -0.39 is 5.82 Å². The van der Waals surface area contributed by atoms with Gasteiger partial charge in [-0.05, 0) is 24.1 Å². The van der Waals surface area contributed by atoms with Crippen molar-refractivity contribution in [2.75, 3.05) is 6.61 Å². The van der Waals surface area contributed by atoms with Gasteiger partial charge in [0.15, 0.2) is 0 Å². The first kappa shape index (κ1) is 11.5. The van der Waals surface area contributed by atoms with Crippen LogP contribution in [0.15, 0.2) is 18.2 Å². The molecule has 4 heteroatoms. The third kappa shape index (κ3) is 3.96. The third-order valence-electron chi connectivity index (χ3n) is 1.82. The zero-order valence-corrected chi connectivity index (χ0v) is 8.24. The lowest BCUT2D eigenvalue weighted by Gasteiger charge is -2.06. The predicted octanol–water partition coefficient (Wildman–Crippen LogP) is 2.00. The Hall–Kier alpha value is -1.60. The summed E-state index contributed by atoms with van der Waals surface area (Å²) in [6.07, 6.45) is 1.03. The van der Waals surface area contributed by atoms with Gasteiger partial charge in [-0.3, -0.25) is 0 Å². The van der Waals surface area contributed by atoms with Gasteiger partial charge in [-0.1, -0.05) is 0 Å². The van der Waals surface area contributed by atoms with Gasteiger partial charge in [-0.15, -0.1) is 0 Å². The van der Waals surface area contributed by atoms with Crippen LogP contribution in [0.25, 0.3) is 0 Å². The molecule has 0 saturated carbocycles. The molecule has 0 unspecified atom stereocenters. The zero-order valence-electron chi connectivity index (χ0n) is 8.24. The molecule has 0 radical (unpaired) electrons. The fraction of sp³-hybridized carbons (Fsp3) is 0.364. The molecule has 0 aliphatic carbocycles. The Balaban J connectivity index is 2.53. The van der Waals surface area contributed by atoms with Gasteiger partial charge in [0.1, 0.15) is 11.6 Å². The Bertz CT molecular complexity index is 360. The SMILES string of the molecule is N#CCCCOc1cc(F)cc(CO)c1. The number of unbranched alkanes of at least 4 members (excludes halogenated alkanes) is 1. The number of hydrogen-bond acceptors (Lipinski definition) is 3. The Morgan fingerprint density at radius 1 is 1.40 bits per heavy atom. The van der Waals surface area contributed by atoms with Crippen LogP contribution in [0.3, 0.4) is 0 Å². The van der Waals surface area contributed by atoms with Crippen molar-refractivity contribution in [3.05, 3.63) is 29.6 Å². The lowest BCUT2D eigenvalue weighted by Crippen LogP contribution is -1.98. The topological polar surface area (TPSA) is 53.2 Å². The molecular weight excluding hydrogens is 197 g/mol. The van der Waals surface area contributed by atoms with Gasteiger partial charge >= 0.3 is 0 Å². The molecule has 0 spiro atoms. The molecule has 1 rings (SSSR count). The van der Waals surface area contributed by atoms with Crippen molar-refractivity contribution in [2.45, 2.75) is 19.4 Å². The normalized spacial score (nSPS) is 9.67. The van der Waals surface area contributed by atoms with E-state index in [-0.39, 0.29) is 6.61 Å². The smallest absolute Gasteiger partial charge is 0.127 e. The van der Waals surface area contributed by atoms with Crippen LogP contribution in [-0.4, -0.2) is 11.7 Å². The maximum atomic E-state index is 12.9. The van der Waals surface area contributed by atoms with E-state index in [1.165, 1.54) is 12.1 Å². The lowest BCUT2D eigenvalue weighted by atomic mass is 10.2. The first-order chi connectivity index (χ1) is 7.26. The molecule has 1 N–H and O–H groups in total. The summed E-state index contributed by atoms with van der Waals surface area (Å²) in [4.78, 5) is 0. The lowest BCUT2D eigenvalue weighted by molar-refractivity contribution is 0.277. The number of ether oxygens (including phenoxy) is 1. The largest absolute Gasteiger partial charge is 0.493 e. The van der Waals surface area contributed by atoms with E-state index in [0.717, 1.165) is 0 Å². The highest BCUT2D eigenvalue weighted by molar-refractivity contribution is 5.29. The van der Waals surface area contributed by atoms with Crippen molar-refractivity contribution in [1.82, 2.24) is 0 Å². The number of nitriles is 1. The van der Waals surface area contributed by atoms with Crippen LogP contribution < -0.4 is 4.74 Å². The number of halogens is 1. The molecule has 0 fully saturated rings. The number of hydrogen-bond donors (Lipinski definition) is 1. The summed E-state index contributed by atoms with van der Waals surface area (Å²) in [6.45, 7) is 0.161. The summed E-state index contributed by atoms with van der Waals surface area (Å²) in [5.41, 5.74) is 0.477. The van der Waals surface area contributed by atoms with Crippen molar-refractivity contribution in [1.29, 1.82) is 5.26 Å². The molecule has 0 saturated heterocycles. The maximum Gasteiger partial charge on any atom is 0.127 e. The molecular formula is C11H12FNO2. The molecule has 15 heavy (non-hydrogen) atoms. The van der Waals surface area contributed by atoms with Crippen LogP contribution in [0.2, 0.25) is 0 Å². The van der Waals surface area contributed by atoms with Crippen LogP contribution in [0, 0.1) is 17.1 Å². The van der Waals surface area contributed by atoms with E-state index in [9.17, 15) is 4.39 Å². The van der Waals surface area contributed by atoms with Gasteiger partial charge in [0.05, 0.1) is 19.3 Å². The zero-order chi connectivity index (χ0) is 11.1. The van der Waals surface area contributed by atoms with Crippen LogP contribution in [0.4, 0.5) is 4.39 Å². The molecule has 0 amide bonds.